The van der Waals surface area contributed by atoms with Crippen LogP contribution in [0.4, 0.5) is 0 Å². The number of nitrogens with zero attached hydrogens (tertiary/aromatic N) is 2. The molecule has 25 heavy (non-hydrogen) atoms. The summed E-state index contributed by atoms with van der Waals surface area (Å²) < 4.78 is 4.98. The summed E-state index contributed by atoms with van der Waals surface area (Å²) in [7, 11) is 0. The van der Waals surface area contributed by atoms with E-state index in [9.17, 15) is 14.4 Å². The molecule has 1 aromatic carbocycles. The van der Waals surface area contributed by atoms with Gasteiger partial charge in [0.05, 0.1) is 6.04 Å². The molecule has 1 fully saturated rings. The Morgan fingerprint density at radius 2 is 1.64 bits per heavy atom. The summed E-state index contributed by atoms with van der Waals surface area (Å²) in [5.74, 6) is 0.102. The normalized spacial score (nSPS) is 15.6. The van der Waals surface area contributed by atoms with E-state index in [-0.39, 0.29) is 17.8 Å². The zero-order valence-electron chi connectivity index (χ0n) is 14.7. The largest absolute Gasteiger partial charge is 0.427 e. The van der Waals surface area contributed by atoms with Gasteiger partial charge in [0, 0.05) is 39.5 Å². The molecule has 1 aliphatic rings. The average molecular weight is 347 g/mol. The van der Waals surface area contributed by atoms with Crippen molar-refractivity contribution in [3.8, 4) is 5.75 Å². The first-order valence-electron chi connectivity index (χ1n) is 8.50. The van der Waals surface area contributed by atoms with Gasteiger partial charge in [0.2, 0.25) is 11.8 Å². The van der Waals surface area contributed by atoms with Crippen LogP contribution in [-0.2, 0) is 20.8 Å². The number of nitrogens with two attached hydrogens (primary N) is 1. The number of amides is 2. The molecule has 0 bridgehead atoms. The molecule has 1 aromatic rings. The Morgan fingerprint density at radius 3 is 2.16 bits per heavy atom. The van der Waals surface area contributed by atoms with E-state index < -0.39 is 6.04 Å². The molecule has 2 amide bonds. The van der Waals surface area contributed by atoms with Crippen molar-refractivity contribution >= 4 is 17.8 Å². The molecule has 7 heteroatoms. The Labute approximate surface area is 147 Å². The van der Waals surface area contributed by atoms with Crippen LogP contribution in [-0.4, -0.2) is 59.8 Å². The van der Waals surface area contributed by atoms with Crippen molar-refractivity contribution in [2.75, 3.05) is 26.2 Å². The van der Waals surface area contributed by atoms with Gasteiger partial charge in [-0.2, -0.15) is 0 Å². The van der Waals surface area contributed by atoms with Crippen LogP contribution in [0.25, 0.3) is 0 Å². The number of ether oxygens (including phenoxy) is 1. The second kappa shape index (κ2) is 8.62. The van der Waals surface area contributed by atoms with E-state index in [1.165, 1.54) is 6.92 Å². The fraction of sp³-hybridized carbons (Fsp3) is 0.500. The molecule has 0 spiro atoms. The van der Waals surface area contributed by atoms with Crippen LogP contribution >= 0.6 is 0 Å². The zero-order chi connectivity index (χ0) is 18.4. The second-order valence-electron chi connectivity index (χ2n) is 6.11. The highest BCUT2D eigenvalue weighted by molar-refractivity contribution is 5.82. The smallest absolute Gasteiger partial charge is 0.308 e. The number of piperazine rings is 1. The molecule has 0 unspecified atom stereocenters. The van der Waals surface area contributed by atoms with Gasteiger partial charge in [0.1, 0.15) is 5.75 Å². The van der Waals surface area contributed by atoms with Gasteiger partial charge in [-0.1, -0.05) is 19.1 Å². The fourth-order valence-corrected chi connectivity index (χ4v) is 2.84. The fourth-order valence-electron chi connectivity index (χ4n) is 2.84. The second-order valence-corrected chi connectivity index (χ2v) is 6.11. The van der Waals surface area contributed by atoms with Crippen LogP contribution in [0.2, 0.25) is 0 Å². The Morgan fingerprint density at radius 1 is 1.08 bits per heavy atom. The number of esters is 1. The van der Waals surface area contributed by atoms with Gasteiger partial charge in [0.15, 0.2) is 0 Å². The van der Waals surface area contributed by atoms with Crippen molar-refractivity contribution < 1.29 is 19.1 Å². The summed E-state index contributed by atoms with van der Waals surface area (Å²) in [6.07, 6.45) is 0.893. The minimum atomic E-state index is -0.631. The van der Waals surface area contributed by atoms with Crippen LogP contribution in [0.3, 0.4) is 0 Å². The maximum absolute atomic E-state index is 12.5. The van der Waals surface area contributed by atoms with E-state index >= 15 is 0 Å². The molecule has 0 aliphatic carbocycles. The molecule has 0 aromatic heterocycles. The molecule has 1 atom stereocenters. The summed E-state index contributed by atoms with van der Waals surface area (Å²) in [4.78, 5) is 38.6. The molecular weight excluding hydrogens is 322 g/mol. The van der Waals surface area contributed by atoms with E-state index in [4.69, 9.17) is 10.5 Å². The molecule has 1 saturated heterocycles. The van der Waals surface area contributed by atoms with E-state index in [0.717, 1.165) is 5.56 Å². The van der Waals surface area contributed by atoms with Crippen molar-refractivity contribution in [2.24, 2.45) is 5.73 Å². The van der Waals surface area contributed by atoms with E-state index in [2.05, 4.69) is 0 Å². The van der Waals surface area contributed by atoms with Crippen molar-refractivity contribution in [1.82, 2.24) is 9.80 Å². The molecule has 2 rings (SSSR count). The Bertz CT molecular complexity index is 622. The van der Waals surface area contributed by atoms with Gasteiger partial charge in [-0.3, -0.25) is 14.4 Å². The van der Waals surface area contributed by atoms with Gasteiger partial charge in [-0.05, 0) is 24.1 Å². The summed E-state index contributed by atoms with van der Waals surface area (Å²) in [5, 5.41) is 0. The third-order valence-electron chi connectivity index (χ3n) is 4.20. The first kappa shape index (κ1) is 18.9. The molecule has 2 N–H and O–H groups in total. The first-order chi connectivity index (χ1) is 11.9. The molecule has 136 valence electrons. The number of rotatable bonds is 5. The third-order valence-corrected chi connectivity index (χ3v) is 4.20. The maximum atomic E-state index is 12.5. The predicted molar refractivity (Wildman–Crippen MR) is 92.9 cm³/mol. The standard InChI is InChI=1S/C18H25N3O4/c1-3-17(23)20-8-10-21(11-9-20)18(24)16(19)12-14-4-6-15(7-5-14)25-13(2)22/h4-7,16H,3,8-12,19H2,1-2H3/t16-/m0/s1. The minimum Gasteiger partial charge on any atom is -0.427 e. The highest BCUT2D eigenvalue weighted by Crippen LogP contribution is 2.14. The highest BCUT2D eigenvalue weighted by atomic mass is 16.5. The van der Waals surface area contributed by atoms with Gasteiger partial charge < -0.3 is 20.3 Å². The molecule has 1 aliphatic heterocycles. The lowest BCUT2D eigenvalue weighted by Gasteiger charge is -2.35. The van der Waals surface area contributed by atoms with Crippen LogP contribution < -0.4 is 10.5 Å². The maximum Gasteiger partial charge on any atom is 0.308 e. The van der Waals surface area contributed by atoms with Crippen molar-refractivity contribution in [1.29, 1.82) is 0 Å². The van der Waals surface area contributed by atoms with E-state index in [0.29, 0.717) is 44.8 Å². The topological polar surface area (TPSA) is 92.9 Å². The zero-order valence-corrected chi connectivity index (χ0v) is 14.7. The quantitative estimate of drug-likeness (QED) is 0.621. The Kier molecular flexibility index (Phi) is 6.52. The molecule has 7 nitrogen and oxygen atoms in total. The molecular formula is C18H25N3O4. The Balaban J connectivity index is 1.86. The SMILES string of the molecule is CCC(=O)N1CCN(C(=O)[C@@H](N)Cc2ccc(OC(C)=O)cc2)CC1. The van der Waals surface area contributed by atoms with E-state index in [1.807, 2.05) is 6.92 Å². The minimum absolute atomic E-state index is 0.104. The van der Waals surface area contributed by atoms with Crippen molar-refractivity contribution in [3.05, 3.63) is 29.8 Å². The van der Waals surface area contributed by atoms with Crippen LogP contribution in [0.5, 0.6) is 5.75 Å². The molecule has 0 radical (unpaired) electrons. The molecule has 1 heterocycles. The summed E-state index contributed by atoms with van der Waals surface area (Å²) in [6, 6.07) is 6.33. The van der Waals surface area contributed by atoms with Gasteiger partial charge in [-0.25, -0.2) is 0 Å². The first-order valence-corrected chi connectivity index (χ1v) is 8.50. The lowest BCUT2D eigenvalue weighted by atomic mass is 10.0. The van der Waals surface area contributed by atoms with Crippen molar-refractivity contribution in [2.45, 2.75) is 32.7 Å². The highest BCUT2D eigenvalue weighted by Gasteiger charge is 2.26. The third kappa shape index (κ3) is 5.29. The average Bonchev–Trinajstić information content (AvgIpc) is 2.61. The van der Waals surface area contributed by atoms with Crippen LogP contribution in [0.15, 0.2) is 24.3 Å². The monoisotopic (exact) mass is 347 g/mol. The number of carbonyl (C=O) groups excluding carboxylic acids is 3. The summed E-state index contributed by atoms with van der Waals surface area (Å²) in [5.41, 5.74) is 6.96. The molecule has 0 saturated carbocycles. The Hall–Kier alpha value is -2.41. The summed E-state index contributed by atoms with van der Waals surface area (Å²) in [6.45, 7) is 5.33. The lowest BCUT2D eigenvalue weighted by molar-refractivity contribution is -0.140. The predicted octanol–water partition coefficient (Wildman–Crippen LogP) is 0.563. The van der Waals surface area contributed by atoms with Gasteiger partial charge in [0.25, 0.3) is 0 Å². The lowest BCUT2D eigenvalue weighted by Crippen LogP contribution is -2.54. The van der Waals surface area contributed by atoms with E-state index in [1.54, 1.807) is 34.1 Å². The van der Waals surface area contributed by atoms with Crippen LogP contribution in [0.1, 0.15) is 25.8 Å². The van der Waals surface area contributed by atoms with Gasteiger partial charge in [-0.15, -0.1) is 0 Å². The van der Waals surface area contributed by atoms with Crippen LogP contribution in [0, 0.1) is 0 Å². The number of hydrogen-bond donors (Lipinski definition) is 1. The van der Waals surface area contributed by atoms with Gasteiger partial charge >= 0.3 is 5.97 Å². The number of benzene rings is 1. The number of carbonyl (C=O) groups is 3. The summed E-state index contributed by atoms with van der Waals surface area (Å²) >= 11 is 0. The van der Waals surface area contributed by atoms with Crippen molar-refractivity contribution in [3.63, 3.8) is 0 Å². The number of hydrogen-bond acceptors (Lipinski definition) is 5.